The molecule has 0 unspecified atom stereocenters. The third kappa shape index (κ3) is 2.43. The molecule has 1 saturated carbocycles. The smallest absolute Gasteiger partial charge is 0.338 e. The van der Waals surface area contributed by atoms with E-state index in [0.717, 1.165) is 6.07 Å². The van der Waals surface area contributed by atoms with E-state index in [1.807, 2.05) is 0 Å². The molecule has 108 valence electrons. The van der Waals surface area contributed by atoms with E-state index < -0.39 is 39.6 Å². The molecule has 2 rings (SSSR count). The van der Waals surface area contributed by atoms with Crippen molar-refractivity contribution < 1.29 is 27.3 Å². The molecule has 5 nitrogen and oxygen atoms in total. The Bertz CT molecular complexity index is 582. The van der Waals surface area contributed by atoms with Crippen LogP contribution in [0.25, 0.3) is 0 Å². The number of nitrogens with one attached hydrogen (secondary N) is 1. The van der Waals surface area contributed by atoms with E-state index in [4.69, 9.17) is 0 Å². The normalized spacial score (nSPS) is 16.6. The highest BCUT2D eigenvalue weighted by Gasteiger charge is 2.64. The van der Waals surface area contributed by atoms with Crippen LogP contribution in [0.5, 0.6) is 0 Å². The molecule has 0 atom stereocenters. The van der Waals surface area contributed by atoms with Crippen molar-refractivity contribution in [2.75, 3.05) is 0 Å². The van der Waals surface area contributed by atoms with Gasteiger partial charge in [0.2, 0.25) is 0 Å². The molecule has 0 heterocycles. The van der Waals surface area contributed by atoms with Crippen molar-refractivity contribution in [1.82, 2.24) is 5.32 Å². The summed E-state index contributed by atoms with van der Waals surface area (Å²) in [5.74, 6) is -2.44. The van der Waals surface area contributed by atoms with Crippen LogP contribution < -0.4 is 5.32 Å². The Kier molecular flexibility index (Phi) is 3.15. The van der Waals surface area contributed by atoms with E-state index in [1.165, 1.54) is 0 Å². The Balaban J connectivity index is 2.26. The minimum absolute atomic E-state index is 0.293. The van der Waals surface area contributed by atoms with Gasteiger partial charge in [0.1, 0.15) is 11.4 Å². The molecule has 1 aliphatic carbocycles. The molecule has 1 fully saturated rings. The van der Waals surface area contributed by atoms with Gasteiger partial charge >= 0.3 is 6.18 Å². The molecule has 1 amide bonds. The van der Waals surface area contributed by atoms with Gasteiger partial charge in [0, 0.05) is 12.1 Å². The summed E-state index contributed by atoms with van der Waals surface area (Å²) in [6.07, 6.45) is -5.22. The van der Waals surface area contributed by atoms with Gasteiger partial charge in [-0.2, -0.15) is 13.2 Å². The van der Waals surface area contributed by atoms with Gasteiger partial charge in [0.05, 0.1) is 10.5 Å². The average Bonchev–Trinajstić information content (AvgIpc) is 3.09. The number of rotatable bonds is 3. The average molecular weight is 292 g/mol. The quantitative estimate of drug-likeness (QED) is 0.528. The number of benzene rings is 1. The topological polar surface area (TPSA) is 72.2 Å². The second kappa shape index (κ2) is 4.43. The van der Waals surface area contributed by atoms with E-state index >= 15 is 0 Å². The van der Waals surface area contributed by atoms with Gasteiger partial charge in [-0.05, 0) is 18.9 Å². The van der Waals surface area contributed by atoms with Crippen LogP contribution in [-0.2, 0) is 0 Å². The first-order valence-corrected chi connectivity index (χ1v) is 5.49. The first-order valence-electron chi connectivity index (χ1n) is 5.49. The van der Waals surface area contributed by atoms with Gasteiger partial charge in [0.25, 0.3) is 11.6 Å². The maximum Gasteiger partial charge on any atom is 0.411 e. The van der Waals surface area contributed by atoms with Gasteiger partial charge < -0.3 is 5.32 Å². The van der Waals surface area contributed by atoms with E-state index in [0.29, 0.717) is 12.1 Å². The molecule has 9 heteroatoms. The number of nitrogens with zero attached hydrogens (tertiary/aromatic N) is 1. The number of amides is 1. The maximum absolute atomic E-state index is 13.4. The summed E-state index contributed by atoms with van der Waals surface area (Å²) in [5.41, 5.74) is -3.70. The molecule has 0 aliphatic heterocycles. The summed E-state index contributed by atoms with van der Waals surface area (Å²) in [5, 5.41) is 12.2. The van der Waals surface area contributed by atoms with Crippen LogP contribution in [0.15, 0.2) is 18.2 Å². The fourth-order valence-electron chi connectivity index (χ4n) is 1.69. The number of hydrogen-bond acceptors (Lipinski definition) is 3. The largest absolute Gasteiger partial charge is 0.411 e. The predicted octanol–water partition coefficient (Wildman–Crippen LogP) is 2.56. The van der Waals surface area contributed by atoms with E-state index in [-0.39, 0.29) is 12.8 Å². The monoisotopic (exact) mass is 292 g/mol. The van der Waals surface area contributed by atoms with Gasteiger partial charge in [-0.25, -0.2) is 4.39 Å². The third-order valence-corrected chi connectivity index (χ3v) is 3.05. The molecule has 0 aromatic heterocycles. The summed E-state index contributed by atoms with van der Waals surface area (Å²) in [7, 11) is 0. The number of carbonyl (C=O) groups excluding carboxylic acids is 1. The minimum Gasteiger partial charge on any atom is -0.338 e. The summed E-state index contributed by atoms with van der Waals surface area (Å²) in [6.45, 7) is 0. The first kappa shape index (κ1) is 14.2. The lowest BCUT2D eigenvalue weighted by Gasteiger charge is -2.20. The predicted molar refractivity (Wildman–Crippen MR) is 58.5 cm³/mol. The molecular weight excluding hydrogens is 284 g/mol. The molecule has 20 heavy (non-hydrogen) atoms. The molecule has 1 N–H and O–H groups in total. The fraction of sp³-hybridized carbons (Fsp3) is 0.364. The van der Waals surface area contributed by atoms with Crippen LogP contribution in [0.3, 0.4) is 0 Å². The lowest BCUT2D eigenvalue weighted by Crippen LogP contribution is -2.48. The molecule has 0 spiro atoms. The lowest BCUT2D eigenvalue weighted by atomic mass is 10.1. The highest BCUT2D eigenvalue weighted by Crippen LogP contribution is 2.49. The Hall–Kier alpha value is -2.19. The van der Waals surface area contributed by atoms with E-state index in [1.54, 1.807) is 5.32 Å². The Morgan fingerprint density at radius 3 is 2.40 bits per heavy atom. The van der Waals surface area contributed by atoms with Crippen molar-refractivity contribution >= 4 is 11.6 Å². The van der Waals surface area contributed by atoms with Gasteiger partial charge in [-0.1, -0.05) is 0 Å². The summed E-state index contributed by atoms with van der Waals surface area (Å²) < 4.78 is 51.4. The number of nitro groups is 1. The second-order valence-electron chi connectivity index (χ2n) is 4.46. The summed E-state index contributed by atoms with van der Waals surface area (Å²) >= 11 is 0. The van der Waals surface area contributed by atoms with Crippen molar-refractivity contribution in [3.63, 3.8) is 0 Å². The number of alkyl halides is 3. The van der Waals surface area contributed by atoms with Crippen LogP contribution in [0.4, 0.5) is 23.2 Å². The molecule has 1 aromatic rings. The van der Waals surface area contributed by atoms with Gasteiger partial charge in [-0.15, -0.1) is 0 Å². The highest BCUT2D eigenvalue weighted by atomic mass is 19.4. The van der Waals surface area contributed by atoms with E-state index in [9.17, 15) is 32.5 Å². The van der Waals surface area contributed by atoms with Crippen molar-refractivity contribution in [1.29, 1.82) is 0 Å². The van der Waals surface area contributed by atoms with Crippen LogP contribution in [0.1, 0.15) is 23.2 Å². The minimum atomic E-state index is -4.64. The van der Waals surface area contributed by atoms with Crippen molar-refractivity contribution in [3.05, 3.63) is 39.7 Å². The van der Waals surface area contributed by atoms with Crippen LogP contribution >= 0.6 is 0 Å². The SMILES string of the molecule is O=C(NC1(C(F)(F)F)CC1)c1cc([N+](=O)[O-])ccc1F. The second-order valence-corrected chi connectivity index (χ2v) is 4.46. The molecule has 0 radical (unpaired) electrons. The Morgan fingerprint density at radius 1 is 1.35 bits per heavy atom. The van der Waals surface area contributed by atoms with Crippen molar-refractivity contribution in [3.8, 4) is 0 Å². The molecule has 0 saturated heterocycles. The maximum atomic E-state index is 13.4. The van der Waals surface area contributed by atoms with E-state index in [2.05, 4.69) is 0 Å². The zero-order valence-corrected chi connectivity index (χ0v) is 9.83. The molecule has 0 bridgehead atoms. The number of hydrogen-bond donors (Lipinski definition) is 1. The third-order valence-electron chi connectivity index (χ3n) is 3.05. The lowest BCUT2D eigenvalue weighted by molar-refractivity contribution is -0.384. The van der Waals surface area contributed by atoms with Gasteiger partial charge in [0.15, 0.2) is 0 Å². The number of non-ortho nitro benzene ring substituents is 1. The number of nitro benzene ring substituents is 1. The van der Waals surface area contributed by atoms with Gasteiger partial charge in [-0.3, -0.25) is 14.9 Å². The fourth-order valence-corrected chi connectivity index (χ4v) is 1.69. The molecule has 1 aromatic carbocycles. The Labute approximate surface area is 109 Å². The summed E-state index contributed by atoms with van der Waals surface area (Å²) in [4.78, 5) is 21.3. The van der Waals surface area contributed by atoms with Crippen LogP contribution in [0, 0.1) is 15.9 Å². The number of carbonyl (C=O) groups is 1. The first-order chi connectivity index (χ1) is 9.16. The van der Waals surface area contributed by atoms with Crippen molar-refractivity contribution in [2.24, 2.45) is 0 Å². The zero-order valence-electron chi connectivity index (χ0n) is 9.83. The van der Waals surface area contributed by atoms with Crippen LogP contribution in [-0.4, -0.2) is 22.5 Å². The Morgan fingerprint density at radius 2 is 1.95 bits per heavy atom. The van der Waals surface area contributed by atoms with Crippen LogP contribution in [0.2, 0.25) is 0 Å². The standard InChI is InChI=1S/C11H8F4N2O3/c12-8-2-1-6(17(19)20)5-7(8)9(18)16-10(3-4-10)11(13,14)15/h1-2,5H,3-4H2,(H,16,18). The van der Waals surface area contributed by atoms with Crippen molar-refractivity contribution in [2.45, 2.75) is 24.6 Å². The highest BCUT2D eigenvalue weighted by molar-refractivity contribution is 5.95. The molecular formula is C11H8F4N2O3. The molecule has 1 aliphatic rings. The number of halogens is 4. The zero-order chi connectivity index (χ0) is 15.1. The summed E-state index contributed by atoms with van der Waals surface area (Å²) in [6, 6.07) is 2.10.